The first kappa shape index (κ1) is 17.8. The average molecular weight is 301 g/mol. The fraction of sp³-hybridized carbons (Fsp3) is 0.867. The van der Waals surface area contributed by atoms with Crippen molar-refractivity contribution in [2.45, 2.75) is 64.5 Å². The zero-order valence-electron chi connectivity index (χ0n) is 13.5. The molecule has 0 unspecified atom stereocenters. The lowest BCUT2D eigenvalue weighted by Gasteiger charge is -2.35. The van der Waals surface area contributed by atoms with Crippen molar-refractivity contribution in [3.8, 4) is 0 Å². The molecular formula is C15H27NO5. The molecule has 0 saturated carbocycles. The highest BCUT2D eigenvalue weighted by atomic mass is 16.6. The lowest BCUT2D eigenvalue weighted by Crippen LogP contribution is -2.57. The molecule has 1 aliphatic heterocycles. The number of aliphatic carboxylic acids is 1. The number of rotatable bonds is 6. The standard InChI is InChI=1S/C15H27NO5/c1-5-6-10-20-11-15(12(17)18)8-7-9-16(15)13(19)21-14(2,3)4/h5-11H2,1-4H3,(H,17,18)/t15-/m1/s1. The molecule has 0 aromatic heterocycles. The zero-order valence-corrected chi connectivity index (χ0v) is 13.5. The van der Waals surface area contributed by atoms with Crippen LogP contribution in [-0.2, 0) is 14.3 Å². The molecule has 1 saturated heterocycles. The van der Waals surface area contributed by atoms with Gasteiger partial charge in [-0.3, -0.25) is 4.90 Å². The molecule has 0 aromatic carbocycles. The summed E-state index contributed by atoms with van der Waals surface area (Å²) < 4.78 is 10.8. The SMILES string of the molecule is CCCCOC[C@@]1(C(=O)O)CCCN1C(=O)OC(C)(C)C. The van der Waals surface area contributed by atoms with Gasteiger partial charge in [-0.15, -0.1) is 0 Å². The van der Waals surface area contributed by atoms with Gasteiger partial charge in [0.25, 0.3) is 0 Å². The van der Waals surface area contributed by atoms with E-state index in [-0.39, 0.29) is 6.61 Å². The fourth-order valence-electron chi connectivity index (χ4n) is 2.38. The molecule has 0 aliphatic carbocycles. The van der Waals surface area contributed by atoms with Crippen molar-refractivity contribution >= 4 is 12.1 Å². The molecule has 1 atom stereocenters. The predicted molar refractivity (Wildman–Crippen MR) is 78.3 cm³/mol. The molecule has 6 heteroatoms. The van der Waals surface area contributed by atoms with Crippen LogP contribution in [0.2, 0.25) is 0 Å². The van der Waals surface area contributed by atoms with E-state index in [0.717, 1.165) is 12.8 Å². The Morgan fingerprint density at radius 3 is 2.52 bits per heavy atom. The molecular weight excluding hydrogens is 274 g/mol. The third kappa shape index (κ3) is 4.59. The quantitative estimate of drug-likeness (QED) is 0.763. The van der Waals surface area contributed by atoms with Crippen LogP contribution in [0.5, 0.6) is 0 Å². The van der Waals surface area contributed by atoms with E-state index in [2.05, 4.69) is 0 Å². The first-order chi connectivity index (χ1) is 9.73. The highest BCUT2D eigenvalue weighted by Gasteiger charge is 2.51. The van der Waals surface area contributed by atoms with E-state index in [0.29, 0.717) is 26.0 Å². The van der Waals surface area contributed by atoms with Crippen molar-refractivity contribution in [1.29, 1.82) is 0 Å². The van der Waals surface area contributed by atoms with E-state index in [4.69, 9.17) is 9.47 Å². The highest BCUT2D eigenvalue weighted by molar-refractivity contribution is 5.85. The van der Waals surface area contributed by atoms with Crippen LogP contribution in [-0.4, -0.2) is 53.0 Å². The molecule has 1 aliphatic rings. The molecule has 6 nitrogen and oxygen atoms in total. The number of likely N-dealkylation sites (tertiary alicyclic amines) is 1. The van der Waals surface area contributed by atoms with Gasteiger partial charge in [-0.25, -0.2) is 9.59 Å². The van der Waals surface area contributed by atoms with Gasteiger partial charge >= 0.3 is 12.1 Å². The second-order valence-corrected chi connectivity index (χ2v) is 6.48. The second-order valence-electron chi connectivity index (χ2n) is 6.48. The first-order valence-corrected chi connectivity index (χ1v) is 7.55. The van der Waals surface area contributed by atoms with Gasteiger partial charge in [0.15, 0.2) is 5.54 Å². The van der Waals surface area contributed by atoms with Gasteiger partial charge in [0.05, 0.1) is 6.61 Å². The maximum atomic E-state index is 12.3. The summed E-state index contributed by atoms with van der Waals surface area (Å²) in [6.07, 6.45) is 2.32. The Morgan fingerprint density at radius 2 is 2.00 bits per heavy atom. The van der Waals surface area contributed by atoms with E-state index in [1.165, 1.54) is 4.90 Å². The van der Waals surface area contributed by atoms with E-state index in [9.17, 15) is 14.7 Å². The van der Waals surface area contributed by atoms with Gasteiger partial charge in [0, 0.05) is 13.2 Å². The summed E-state index contributed by atoms with van der Waals surface area (Å²) in [5, 5.41) is 9.61. The second kappa shape index (κ2) is 7.11. The molecule has 0 spiro atoms. The Balaban J connectivity index is 2.80. The highest BCUT2D eigenvalue weighted by Crippen LogP contribution is 2.32. The number of carbonyl (C=O) groups is 2. The van der Waals surface area contributed by atoms with Gasteiger partial charge in [0.2, 0.25) is 0 Å². The zero-order chi connectivity index (χ0) is 16.1. The lowest BCUT2D eigenvalue weighted by molar-refractivity contribution is -0.153. The van der Waals surface area contributed by atoms with Crippen molar-refractivity contribution in [1.82, 2.24) is 4.90 Å². The Labute approximate surface area is 126 Å². The van der Waals surface area contributed by atoms with E-state index >= 15 is 0 Å². The molecule has 0 aromatic rings. The van der Waals surface area contributed by atoms with Gasteiger partial charge in [-0.1, -0.05) is 13.3 Å². The minimum absolute atomic E-state index is 0.0155. The van der Waals surface area contributed by atoms with Crippen LogP contribution in [0.25, 0.3) is 0 Å². The summed E-state index contributed by atoms with van der Waals surface area (Å²) in [4.78, 5) is 25.3. The first-order valence-electron chi connectivity index (χ1n) is 7.55. The maximum Gasteiger partial charge on any atom is 0.411 e. The molecule has 1 heterocycles. The third-order valence-electron chi connectivity index (χ3n) is 3.48. The Morgan fingerprint density at radius 1 is 1.33 bits per heavy atom. The number of carboxylic acids is 1. The third-order valence-corrected chi connectivity index (χ3v) is 3.48. The van der Waals surface area contributed by atoms with E-state index in [1.807, 2.05) is 6.92 Å². The van der Waals surface area contributed by atoms with Crippen LogP contribution in [0.15, 0.2) is 0 Å². The summed E-state index contributed by atoms with van der Waals surface area (Å²) in [7, 11) is 0. The van der Waals surface area contributed by atoms with Crippen LogP contribution in [0.4, 0.5) is 4.79 Å². The summed E-state index contributed by atoms with van der Waals surface area (Å²) >= 11 is 0. The maximum absolute atomic E-state index is 12.3. The van der Waals surface area contributed by atoms with Crippen LogP contribution < -0.4 is 0 Å². The van der Waals surface area contributed by atoms with E-state index < -0.39 is 23.2 Å². The summed E-state index contributed by atoms with van der Waals surface area (Å²) in [6, 6.07) is 0. The minimum Gasteiger partial charge on any atom is -0.479 e. The molecule has 0 bridgehead atoms. The van der Waals surface area contributed by atoms with E-state index in [1.54, 1.807) is 20.8 Å². The van der Waals surface area contributed by atoms with Gasteiger partial charge < -0.3 is 14.6 Å². The number of carboxylic acid groups (broad SMARTS) is 1. The molecule has 1 fully saturated rings. The number of carbonyl (C=O) groups excluding carboxylic acids is 1. The van der Waals surface area contributed by atoms with Gasteiger partial charge in [-0.05, 0) is 40.0 Å². The summed E-state index contributed by atoms with van der Waals surface area (Å²) in [5.41, 5.74) is -1.94. The Bertz CT molecular complexity index is 377. The normalized spacial score (nSPS) is 22.4. The van der Waals surface area contributed by atoms with Gasteiger partial charge in [-0.2, -0.15) is 0 Å². The number of hydrogen-bond donors (Lipinski definition) is 1. The fourth-order valence-corrected chi connectivity index (χ4v) is 2.38. The number of hydrogen-bond acceptors (Lipinski definition) is 4. The molecule has 1 amide bonds. The molecule has 122 valence electrons. The molecule has 21 heavy (non-hydrogen) atoms. The Hall–Kier alpha value is -1.30. The summed E-state index contributed by atoms with van der Waals surface area (Å²) in [6.45, 7) is 8.25. The topological polar surface area (TPSA) is 76.1 Å². The Kier molecular flexibility index (Phi) is 6.01. The molecule has 1 N–H and O–H groups in total. The number of unbranched alkanes of at least 4 members (excludes halogenated alkanes) is 1. The van der Waals surface area contributed by atoms with Crippen LogP contribution >= 0.6 is 0 Å². The van der Waals surface area contributed by atoms with Crippen LogP contribution in [0.1, 0.15) is 53.4 Å². The van der Waals surface area contributed by atoms with Crippen LogP contribution in [0.3, 0.4) is 0 Å². The monoisotopic (exact) mass is 301 g/mol. The van der Waals surface area contributed by atoms with Crippen molar-refractivity contribution in [2.75, 3.05) is 19.8 Å². The number of amides is 1. The van der Waals surface area contributed by atoms with Gasteiger partial charge in [0.1, 0.15) is 5.60 Å². The van der Waals surface area contributed by atoms with Crippen molar-refractivity contribution in [2.24, 2.45) is 0 Å². The molecule has 0 radical (unpaired) electrons. The number of nitrogens with zero attached hydrogens (tertiary/aromatic N) is 1. The van der Waals surface area contributed by atoms with Crippen molar-refractivity contribution in [3.05, 3.63) is 0 Å². The minimum atomic E-state index is -1.30. The number of ether oxygens (including phenoxy) is 2. The largest absolute Gasteiger partial charge is 0.479 e. The summed E-state index contributed by atoms with van der Waals surface area (Å²) in [5.74, 6) is -1.03. The van der Waals surface area contributed by atoms with Crippen molar-refractivity contribution in [3.63, 3.8) is 0 Å². The molecule has 1 rings (SSSR count). The van der Waals surface area contributed by atoms with Crippen LogP contribution in [0, 0.1) is 0 Å². The smallest absolute Gasteiger partial charge is 0.411 e. The average Bonchev–Trinajstić information content (AvgIpc) is 2.78. The van der Waals surface area contributed by atoms with Crippen molar-refractivity contribution < 1.29 is 24.2 Å². The predicted octanol–water partition coefficient (Wildman–Crippen LogP) is 2.66. The lowest BCUT2D eigenvalue weighted by atomic mass is 9.97.